The molecule has 0 radical (unpaired) electrons. The van der Waals surface area contributed by atoms with Crippen molar-refractivity contribution in [3.63, 3.8) is 0 Å². The monoisotopic (exact) mass is 382 g/mol. The number of anilines is 1. The van der Waals surface area contributed by atoms with E-state index < -0.39 is 0 Å². The van der Waals surface area contributed by atoms with E-state index in [9.17, 15) is 4.79 Å². The van der Waals surface area contributed by atoms with Gasteiger partial charge in [0.1, 0.15) is 5.82 Å². The average molecular weight is 383 g/mol. The van der Waals surface area contributed by atoms with Crippen molar-refractivity contribution in [3.8, 4) is 0 Å². The van der Waals surface area contributed by atoms with Gasteiger partial charge in [-0.15, -0.1) is 0 Å². The summed E-state index contributed by atoms with van der Waals surface area (Å²) >= 11 is 0. The lowest BCUT2D eigenvalue weighted by atomic mass is 9.96. The van der Waals surface area contributed by atoms with Gasteiger partial charge in [0, 0.05) is 31.0 Å². The van der Waals surface area contributed by atoms with Gasteiger partial charge in [-0.05, 0) is 62.4 Å². The van der Waals surface area contributed by atoms with Crippen LogP contribution in [0.4, 0.5) is 5.69 Å². The van der Waals surface area contributed by atoms with Crippen molar-refractivity contribution in [1.82, 2.24) is 14.5 Å². The van der Waals surface area contributed by atoms with Crippen molar-refractivity contribution in [1.29, 1.82) is 0 Å². The number of likely N-dealkylation sites (tertiary alicyclic amines) is 1. The zero-order chi connectivity index (χ0) is 19.8. The van der Waals surface area contributed by atoms with Crippen LogP contribution in [0.25, 0.3) is 0 Å². The maximum absolute atomic E-state index is 12.4. The molecule has 1 saturated heterocycles. The number of piperidine rings is 1. The lowest BCUT2D eigenvalue weighted by Crippen LogP contribution is -2.40. The highest BCUT2D eigenvalue weighted by Crippen LogP contribution is 2.20. The van der Waals surface area contributed by atoms with Crippen LogP contribution in [0, 0.1) is 5.92 Å². The maximum atomic E-state index is 12.4. The van der Waals surface area contributed by atoms with Crippen LogP contribution in [-0.4, -0.2) is 40.0 Å². The number of amides is 1. The Kier molecular flexibility index (Phi) is 7.66. The van der Waals surface area contributed by atoms with Crippen LogP contribution in [0.3, 0.4) is 0 Å². The van der Waals surface area contributed by atoms with Crippen molar-refractivity contribution < 1.29 is 4.79 Å². The van der Waals surface area contributed by atoms with E-state index >= 15 is 0 Å². The van der Waals surface area contributed by atoms with E-state index in [-0.39, 0.29) is 5.91 Å². The van der Waals surface area contributed by atoms with Crippen molar-refractivity contribution in [2.24, 2.45) is 5.92 Å². The van der Waals surface area contributed by atoms with E-state index in [0.29, 0.717) is 12.5 Å². The Balaban J connectivity index is 1.40. The normalized spacial score (nSPS) is 15.6. The number of hydrogen-bond acceptors (Lipinski definition) is 3. The van der Waals surface area contributed by atoms with Gasteiger partial charge < -0.3 is 9.88 Å². The largest absolute Gasteiger partial charge is 0.335 e. The Hall–Kier alpha value is -2.14. The summed E-state index contributed by atoms with van der Waals surface area (Å²) in [5.41, 5.74) is 2.23. The number of nitrogens with zero attached hydrogens (tertiary/aromatic N) is 3. The van der Waals surface area contributed by atoms with Crippen LogP contribution in [-0.2, 0) is 24.2 Å². The molecule has 1 fully saturated rings. The summed E-state index contributed by atoms with van der Waals surface area (Å²) in [6.45, 7) is 7.87. The van der Waals surface area contributed by atoms with Gasteiger partial charge in [-0.25, -0.2) is 4.98 Å². The molecule has 0 spiro atoms. The number of carbonyl (C=O) groups excluding carboxylic acids is 1. The first-order valence-corrected chi connectivity index (χ1v) is 10.8. The second kappa shape index (κ2) is 10.4. The minimum atomic E-state index is 0.0858. The molecule has 1 aliphatic rings. The summed E-state index contributed by atoms with van der Waals surface area (Å²) in [6.07, 6.45) is 10.8. The van der Waals surface area contributed by atoms with Crippen LogP contribution in [0.15, 0.2) is 36.7 Å². The molecular formula is C23H34N4O. The zero-order valence-corrected chi connectivity index (χ0v) is 17.4. The molecule has 1 amide bonds. The molecule has 1 aliphatic heterocycles. The molecule has 5 heteroatoms. The molecule has 0 aliphatic carbocycles. The van der Waals surface area contributed by atoms with Crippen LogP contribution in [0.1, 0.15) is 50.9 Å². The third-order valence-electron chi connectivity index (χ3n) is 5.70. The van der Waals surface area contributed by atoms with Gasteiger partial charge in [-0.3, -0.25) is 9.69 Å². The predicted octanol–water partition coefficient (Wildman–Crippen LogP) is 4.14. The zero-order valence-electron chi connectivity index (χ0n) is 17.4. The number of benzene rings is 1. The molecule has 2 aromatic rings. The third-order valence-corrected chi connectivity index (χ3v) is 5.70. The van der Waals surface area contributed by atoms with E-state index in [1.807, 2.05) is 18.3 Å². The standard InChI is InChI=1S/C23H34N4O/c1-3-5-6-19-7-9-21(10-8-19)25-23(28)18-26-14-11-20(12-15-26)17-27-16-13-24-22(27)4-2/h7-10,13,16,20H,3-6,11-12,14-15,17-18H2,1-2H3,(H,25,28). The molecule has 0 saturated carbocycles. The first-order valence-electron chi connectivity index (χ1n) is 10.8. The lowest BCUT2D eigenvalue weighted by Gasteiger charge is -2.31. The van der Waals surface area contributed by atoms with Crippen molar-refractivity contribution in [2.75, 3.05) is 25.0 Å². The van der Waals surface area contributed by atoms with Crippen LogP contribution in [0.2, 0.25) is 0 Å². The lowest BCUT2D eigenvalue weighted by molar-refractivity contribution is -0.117. The molecule has 1 aromatic carbocycles. The number of rotatable bonds is 9. The molecular weight excluding hydrogens is 348 g/mol. The maximum Gasteiger partial charge on any atom is 0.238 e. The summed E-state index contributed by atoms with van der Waals surface area (Å²) in [5.74, 6) is 1.93. The fourth-order valence-electron chi connectivity index (χ4n) is 3.97. The molecule has 2 heterocycles. The highest BCUT2D eigenvalue weighted by molar-refractivity contribution is 5.92. The number of nitrogens with one attached hydrogen (secondary N) is 1. The topological polar surface area (TPSA) is 50.2 Å². The van der Waals surface area contributed by atoms with E-state index in [1.54, 1.807) is 0 Å². The summed E-state index contributed by atoms with van der Waals surface area (Å²) in [7, 11) is 0. The molecule has 5 nitrogen and oxygen atoms in total. The fraction of sp³-hybridized carbons (Fsp3) is 0.565. The molecule has 28 heavy (non-hydrogen) atoms. The Morgan fingerprint density at radius 3 is 2.61 bits per heavy atom. The SMILES string of the molecule is CCCCc1ccc(NC(=O)CN2CCC(Cn3ccnc3CC)CC2)cc1. The van der Waals surface area contributed by atoms with E-state index in [4.69, 9.17) is 0 Å². The Morgan fingerprint density at radius 2 is 1.93 bits per heavy atom. The van der Waals surface area contributed by atoms with Crippen LogP contribution < -0.4 is 5.32 Å². The van der Waals surface area contributed by atoms with Crippen molar-refractivity contribution >= 4 is 11.6 Å². The average Bonchev–Trinajstić information content (AvgIpc) is 3.16. The van der Waals surface area contributed by atoms with E-state index in [0.717, 1.165) is 51.0 Å². The Bertz CT molecular complexity index is 729. The molecule has 3 rings (SSSR count). The van der Waals surface area contributed by atoms with Gasteiger partial charge in [0.05, 0.1) is 6.54 Å². The van der Waals surface area contributed by atoms with Gasteiger partial charge in [-0.1, -0.05) is 32.4 Å². The Morgan fingerprint density at radius 1 is 1.18 bits per heavy atom. The van der Waals surface area contributed by atoms with Gasteiger partial charge in [0.25, 0.3) is 0 Å². The summed E-state index contributed by atoms with van der Waals surface area (Å²) in [6, 6.07) is 8.28. The van der Waals surface area contributed by atoms with Gasteiger partial charge >= 0.3 is 0 Å². The first kappa shape index (κ1) is 20.6. The summed E-state index contributed by atoms with van der Waals surface area (Å²) in [4.78, 5) is 19.1. The highest BCUT2D eigenvalue weighted by Gasteiger charge is 2.21. The predicted molar refractivity (Wildman–Crippen MR) is 114 cm³/mol. The van der Waals surface area contributed by atoms with E-state index in [2.05, 4.69) is 51.9 Å². The number of imidazole rings is 1. The number of hydrogen-bond donors (Lipinski definition) is 1. The number of carbonyl (C=O) groups is 1. The minimum Gasteiger partial charge on any atom is -0.335 e. The second-order valence-electron chi connectivity index (χ2n) is 7.92. The summed E-state index contributed by atoms with van der Waals surface area (Å²) < 4.78 is 2.29. The van der Waals surface area contributed by atoms with Crippen LogP contribution in [0.5, 0.6) is 0 Å². The second-order valence-corrected chi connectivity index (χ2v) is 7.92. The molecule has 0 atom stereocenters. The Labute approximate surface area is 169 Å². The smallest absolute Gasteiger partial charge is 0.238 e. The number of aryl methyl sites for hydroxylation is 2. The van der Waals surface area contributed by atoms with Gasteiger partial charge in [0.2, 0.25) is 5.91 Å². The minimum absolute atomic E-state index is 0.0858. The van der Waals surface area contributed by atoms with Crippen molar-refractivity contribution in [2.45, 2.75) is 58.9 Å². The fourth-order valence-corrected chi connectivity index (χ4v) is 3.97. The van der Waals surface area contributed by atoms with Crippen LogP contribution >= 0.6 is 0 Å². The summed E-state index contributed by atoms with van der Waals surface area (Å²) in [5, 5.41) is 3.04. The van der Waals surface area contributed by atoms with Crippen molar-refractivity contribution in [3.05, 3.63) is 48.0 Å². The molecule has 0 unspecified atom stereocenters. The first-order chi connectivity index (χ1) is 13.7. The highest BCUT2D eigenvalue weighted by atomic mass is 16.2. The van der Waals surface area contributed by atoms with E-state index in [1.165, 1.54) is 24.2 Å². The van der Waals surface area contributed by atoms with Gasteiger partial charge in [0.15, 0.2) is 0 Å². The number of aromatic nitrogens is 2. The quantitative estimate of drug-likeness (QED) is 0.709. The van der Waals surface area contributed by atoms with Gasteiger partial charge in [-0.2, -0.15) is 0 Å². The number of unbranched alkanes of at least 4 members (excludes halogenated alkanes) is 1. The molecule has 1 aromatic heterocycles. The molecule has 0 bridgehead atoms. The third kappa shape index (κ3) is 5.93. The molecule has 152 valence electrons. The molecule has 1 N–H and O–H groups in total.